The quantitative estimate of drug-likeness (QED) is 0.904. The molecule has 20 heavy (non-hydrogen) atoms. The minimum atomic E-state index is -4.53. The molecule has 0 spiro atoms. The lowest BCUT2D eigenvalue weighted by Gasteiger charge is -2.29. The number of rotatable bonds is 5. The fourth-order valence-electron chi connectivity index (χ4n) is 1.98. The zero-order valence-electron chi connectivity index (χ0n) is 11.4. The number of hydrogen-bond acceptors (Lipinski definition) is 3. The van der Waals surface area contributed by atoms with Gasteiger partial charge in [0.2, 0.25) is 0 Å². The van der Waals surface area contributed by atoms with Crippen molar-refractivity contribution in [1.82, 2.24) is 0 Å². The van der Waals surface area contributed by atoms with Crippen molar-refractivity contribution in [2.75, 3.05) is 18.1 Å². The second-order valence-electron chi connectivity index (χ2n) is 4.70. The number of hydrogen-bond donors (Lipinski definition) is 1. The Morgan fingerprint density at radius 1 is 1.35 bits per heavy atom. The Kier molecular flexibility index (Phi) is 5.40. The highest BCUT2D eigenvalue weighted by Gasteiger charge is 2.33. The lowest BCUT2D eigenvalue weighted by atomic mass is 10.1. The van der Waals surface area contributed by atoms with E-state index in [1.165, 1.54) is 12.1 Å². The van der Waals surface area contributed by atoms with E-state index in [4.69, 9.17) is 10.4 Å². The molecule has 6 heteroatoms. The summed E-state index contributed by atoms with van der Waals surface area (Å²) in [4.78, 5) is 1.86. The SMILES string of the molecule is CC(C)N(CCCO)c1ccc(C(F)(F)F)c(C#N)c1. The third kappa shape index (κ3) is 3.87. The molecule has 0 aliphatic rings. The van der Waals surface area contributed by atoms with Crippen molar-refractivity contribution in [2.24, 2.45) is 0 Å². The lowest BCUT2D eigenvalue weighted by molar-refractivity contribution is -0.137. The highest BCUT2D eigenvalue weighted by atomic mass is 19.4. The number of anilines is 1. The molecule has 0 aliphatic heterocycles. The summed E-state index contributed by atoms with van der Waals surface area (Å²) < 4.78 is 38.2. The number of benzene rings is 1. The fraction of sp³-hybridized carbons (Fsp3) is 0.500. The number of aliphatic hydroxyl groups excluding tert-OH is 1. The Bertz CT molecular complexity index is 492. The Hall–Kier alpha value is -1.74. The molecule has 0 amide bonds. The summed E-state index contributed by atoms with van der Waals surface area (Å²) in [5.74, 6) is 0. The molecule has 1 N–H and O–H groups in total. The smallest absolute Gasteiger partial charge is 0.396 e. The Morgan fingerprint density at radius 3 is 2.45 bits per heavy atom. The highest BCUT2D eigenvalue weighted by Crippen LogP contribution is 2.34. The van der Waals surface area contributed by atoms with Gasteiger partial charge in [-0.05, 0) is 38.5 Å². The van der Waals surface area contributed by atoms with Gasteiger partial charge in [0.1, 0.15) is 0 Å². The van der Waals surface area contributed by atoms with Crippen molar-refractivity contribution < 1.29 is 18.3 Å². The van der Waals surface area contributed by atoms with Crippen molar-refractivity contribution in [2.45, 2.75) is 32.5 Å². The average Bonchev–Trinajstić information content (AvgIpc) is 2.37. The van der Waals surface area contributed by atoms with Crippen molar-refractivity contribution in [1.29, 1.82) is 5.26 Å². The summed E-state index contributed by atoms with van der Waals surface area (Å²) in [5.41, 5.74) is -0.753. The van der Waals surface area contributed by atoms with E-state index in [0.29, 0.717) is 18.7 Å². The third-order valence-electron chi connectivity index (χ3n) is 2.94. The largest absolute Gasteiger partial charge is 0.417 e. The Labute approximate surface area is 116 Å². The van der Waals surface area contributed by atoms with Gasteiger partial charge in [-0.25, -0.2) is 0 Å². The van der Waals surface area contributed by atoms with Crippen LogP contribution in [0.1, 0.15) is 31.4 Å². The van der Waals surface area contributed by atoms with E-state index >= 15 is 0 Å². The van der Waals surface area contributed by atoms with E-state index in [0.717, 1.165) is 6.07 Å². The molecule has 3 nitrogen and oxygen atoms in total. The summed E-state index contributed by atoms with van der Waals surface area (Å²) in [6, 6.07) is 5.20. The predicted octanol–water partition coefficient (Wildman–Crippen LogP) is 3.17. The first-order chi connectivity index (χ1) is 9.31. The zero-order chi connectivity index (χ0) is 15.3. The summed E-state index contributed by atoms with van der Waals surface area (Å²) in [7, 11) is 0. The van der Waals surface area contributed by atoms with Gasteiger partial charge >= 0.3 is 6.18 Å². The van der Waals surface area contributed by atoms with E-state index in [1.807, 2.05) is 18.7 Å². The number of alkyl halides is 3. The van der Waals surface area contributed by atoms with E-state index in [-0.39, 0.29) is 18.2 Å². The first-order valence-corrected chi connectivity index (χ1v) is 6.30. The minimum absolute atomic E-state index is 0.00889. The molecule has 1 rings (SSSR count). The summed E-state index contributed by atoms with van der Waals surface area (Å²) in [5, 5.41) is 17.8. The number of nitriles is 1. The molecule has 0 saturated carbocycles. The first kappa shape index (κ1) is 16.3. The fourth-order valence-corrected chi connectivity index (χ4v) is 1.98. The van der Waals surface area contributed by atoms with Crippen LogP contribution in [0.3, 0.4) is 0 Å². The predicted molar refractivity (Wildman–Crippen MR) is 70.3 cm³/mol. The molecular formula is C14H17F3N2O. The second-order valence-corrected chi connectivity index (χ2v) is 4.70. The molecule has 0 unspecified atom stereocenters. The van der Waals surface area contributed by atoms with Crippen molar-refractivity contribution >= 4 is 5.69 Å². The van der Waals surface area contributed by atoms with Crippen LogP contribution in [0.15, 0.2) is 18.2 Å². The van der Waals surface area contributed by atoms with Crippen LogP contribution in [0.5, 0.6) is 0 Å². The molecule has 110 valence electrons. The summed E-state index contributed by atoms with van der Waals surface area (Å²) >= 11 is 0. The van der Waals surface area contributed by atoms with Gasteiger partial charge in [0, 0.05) is 24.9 Å². The van der Waals surface area contributed by atoms with Crippen LogP contribution in [-0.2, 0) is 6.18 Å². The van der Waals surface area contributed by atoms with Gasteiger partial charge in [-0.15, -0.1) is 0 Å². The molecule has 1 aromatic carbocycles. The number of halogens is 3. The van der Waals surface area contributed by atoms with Crippen LogP contribution in [0.4, 0.5) is 18.9 Å². The molecule has 0 aliphatic carbocycles. The van der Waals surface area contributed by atoms with E-state index < -0.39 is 11.7 Å². The highest BCUT2D eigenvalue weighted by molar-refractivity contribution is 5.55. The molecule has 0 atom stereocenters. The van der Waals surface area contributed by atoms with Gasteiger partial charge in [0.15, 0.2) is 0 Å². The lowest BCUT2D eigenvalue weighted by Crippen LogP contribution is -2.32. The van der Waals surface area contributed by atoms with Gasteiger partial charge in [0.25, 0.3) is 0 Å². The van der Waals surface area contributed by atoms with Crippen LogP contribution in [-0.4, -0.2) is 24.3 Å². The molecule has 0 saturated heterocycles. The van der Waals surface area contributed by atoms with Gasteiger partial charge < -0.3 is 10.0 Å². The molecule has 0 fully saturated rings. The zero-order valence-corrected chi connectivity index (χ0v) is 11.4. The van der Waals surface area contributed by atoms with Gasteiger partial charge in [0.05, 0.1) is 17.2 Å². The van der Waals surface area contributed by atoms with Crippen molar-refractivity contribution in [3.63, 3.8) is 0 Å². The van der Waals surface area contributed by atoms with E-state index in [1.54, 1.807) is 6.07 Å². The average molecular weight is 286 g/mol. The molecule has 0 bridgehead atoms. The maximum absolute atomic E-state index is 12.7. The van der Waals surface area contributed by atoms with E-state index in [9.17, 15) is 13.2 Å². The van der Waals surface area contributed by atoms with Crippen molar-refractivity contribution in [3.8, 4) is 6.07 Å². The first-order valence-electron chi connectivity index (χ1n) is 6.30. The van der Waals surface area contributed by atoms with Crippen molar-refractivity contribution in [3.05, 3.63) is 29.3 Å². The van der Waals surface area contributed by atoms with Crippen LogP contribution in [0, 0.1) is 11.3 Å². The van der Waals surface area contributed by atoms with Gasteiger partial charge in [-0.1, -0.05) is 0 Å². The monoisotopic (exact) mass is 286 g/mol. The Morgan fingerprint density at radius 2 is 2.00 bits per heavy atom. The normalized spacial score (nSPS) is 11.5. The molecule has 0 heterocycles. The van der Waals surface area contributed by atoms with Crippen LogP contribution in [0.2, 0.25) is 0 Å². The molecule has 0 radical (unpaired) electrons. The topological polar surface area (TPSA) is 47.3 Å². The molecule has 0 aromatic heterocycles. The van der Waals surface area contributed by atoms with Crippen LogP contribution in [0.25, 0.3) is 0 Å². The second kappa shape index (κ2) is 6.62. The summed E-state index contributed by atoms with van der Waals surface area (Å²) in [6.45, 7) is 4.33. The number of nitrogens with zero attached hydrogens (tertiary/aromatic N) is 2. The maximum Gasteiger partial charge on any atom is 0.417 e. The van der Waals surface area contributed by atoms with Gasteiger partial charge in [-0.2, -0.15) is 18.4 Å². The van der Waals surface area contributed by atoms with Gasteiger partial charge in [-0.3, -0.25) is 0 Å². The number of aliphatic hydroxyl groups is 1. The third-order valence-corrected chi connectivity index (χ3v) is 2.94. The Balaban J connectivity index is 3.17. The minimum Gasteiger partial charge on any atom is -0.396 e. The standard InChI is InChI=1S/C14H17F3N2O/c1-10(2)19(6-3-7-20)12-4-5-13(14(15,16)17)11(8-12)9-18/h4-5,8,10,20H,3,6-7H2,1-2H3. The molecule has 1 aromatic rings. The maximum atomic E-state index is 12.7. The van der Waals surface area contributed by atoms with E-state index in [2.05, 4.69) is 0 Å². The van der Waals surface area contributed by atoms with Crippen LogP contribution < -0.4 is 4.90 Å². The molecular weight excluding hydrogens is 269 g/mol. The summed E-state index contributed by atoms with van der Waals surface area (Å²) in [6.07, 6.45) is -4.02. The van der Waals surface area contributed by atoms with Crippen LogP contribution >= 0.6 is 0 Å².